The lowest BCUT2D eigenvalue weighted by Gasteiger charge is -2.33. The molecular weight excluding hydrogens is 260 g/mol. The predicted molar refractivity (Wildman–Crippen MR) is 82.9 cm³/mol. The zero-order chi connectivity index (χ0) is 14.3. The van der Waals surface area contributed by atoms with Crippen LogP contribution in [0, 0.1) is 5.41 Å². The summed E-state index contributed by atoms with van der Waals surface area (Å²) < 4.78 is 0. The third-order valence-electron chi connectivity index (χ3n) is 3.66. The van der Waals surface area contributed by atoms with Crippen molar-refractivity contribution in [1.29, 1.82) is 0 Å². The van der Waals surface area contributed by atoms with E-state index in [2.05, 4.69) is 29.5 Å². The van der Waals surface area contributed by atoms with Gasteiger partial charge in [0.2, 0.25) is 0 Å². The molecule has 0 spiro atoms. The van der Waals surface area contributed by atoms with Gasteiger partial charge in [-0.1, -0.05) is 25.6 Å². The fourth-order valence-corrected chi connectivity index (χ4v) is 3.14. The maximum absolute atomic E-state index is 11.3. The number of carbonyl (C=O) groups is 1. The Balaban J connectivity index is 2.25. The first-order valence-corrected chi connectivity index (χ1v) is 7.88. The Kier molecular flexibility index (Phi) is 6.48. The average molecular weight is 286 g/mol. The fourth-order valence-electron chi connectivity index (χ4n) is 1.83. The number of nitrogens with zero attached hydrogens (tertiary/aromatic N) is 2. The molecule has 0 aromatic rings. The number of rotatable bonds is 5. The lowest BCUT2D eigenvalue weighted by atomic mass is 9.84. The number of nitrogens with one attached hydrogen (secondary N) is 2. The smallest absolute Gasteiger partial charge is 0.316 e. The molecule has 0 atom stereocenters. The highest BCUT2D eigenvalue weighted by Crippen LogP contribution is 2.34. The monoisotopic (exact) mass is 286 g/mol. The first kappa shape index (κ1) is 16.1. The van der Waals surface area contributed by atoms with Crippen LogP contribution in [-0.2, 0) is 0 Å². The van der Waals surface area contributed by atoms with Crippen LogP contribution in [0.5, 0.6) is 0 Å². The van der Waals surface area contributed by atoms with Crippen LogP contribution in [-0.4, -0.2) is 55.6 Å². The summed E-state index contributed by atoms with van der Waals surface area (Å²) in [6.07, 6.45) is 2.37. The normalized spacial score (nSPS) is 17.6. The van der Waals surface area contributed by atoms with Gasteiger partial charge in [-0.25, -0.2) is 4.79 Å². The molecule has 0 unspecified atom stereocenters. The third kappa shape index (κ3) is 4.93. The van der Waals surface area contributed by atoms with E-state index in [4.69, 9.17) is 0 Å². The predicted octanol–water partition coefficient (Wildman–Crippen LogP) is 1.76. The van der Waals surface area contributed by atoms with Gasteiger partial charge in [0.25, 0.3) is 0 Å². The molecule has 0 fully saturated rings. The summed E-state index contributed by atoms with van der Waals surface area (Å²) in [6, 6.07) is -0.0592. The number of amidine groups is 1. The van der Waals surface area contributed by atoms with Crippen LogP contribution in [0.3, 0.4) is 0 Å². The first-order valence-electron chi connectivity index (χ1n) is 6.89. The maximum atomic E-state index is 11.3. The summed E-state index contributed by atoms with van der Waals surface area (Å²) in [5, 5.41) is 7.11. The van der Waals surface area contributed by atoms with Crippen molar-refractivity contribution in [3.05, 3.63) is 0 Å². The van der Waals surface area contributed by atoms with Gasteiger partial charge in [0.15, 0.2) is 5.17 Å². The summed E-state index contributed by atoms with van der Waals surface area (Å²) >= 11 is 1.80. The van der Waals surface area contributed by atoms with E-state index in [1.54, 1.807) is 25.9 Å². The number of amides is 2. The molecule has 0 saturated carbocycles. The van der Waals surface area contributed by atoms with E-state index in [9.17, 15) is 4.79 Å². The molecule has 1 rings (SSSR count). The highest BCUT2D eigenvalue weighted by molar-refractivity contribution is 8.13. The van der Waals surface area contributed by atoms with E-state index >= 15 is 0 Å². The molecule has 0 saturated heterocycles. The summed E-state index contributed by atoms with van der Waals surface area (Å²) in [5.41, 5.74) is 0.384. The minimum absolute atomic E-state index is 0.0592. The Labute approximate surface area is 120 Å². The lowest BCUT2D eigenvalue weighted by Crippen LogP contribution is -2.40. The lowest BCUT2D eigenvalue weighted by molar-refractivity contribution is 0.217. The van der Waals surface area contributed by atoms with Gasteiger partial charge in [-0.3, -0.25) is 4.99 Å². The van der Waals surface area contributed by atoms with Gasteiger partial charge >= 0.3 is 6.03 Å². The van der Waals surface area contributed by atoms with Crippen molar-refractivity contribution in [1.82, 2.24) is 15.5 Å². The van der Waals surface area contributed by atoms with Crippen LogP contribution in [0.4, 0.5) is 4.79 Å². The van der Waals surface area contributed by atoms with Gasteiger partial charge in [0, 0.05) is 39.5 Å². The van der Waals surface area contributed by atoms with Crippen LogP contribution >= 0.6 is 11.8 Å². The van der Waals surface area contributed by atoms with Crippen LogP contribution in [0.15, 0.2) is 4.99 Å². The molecule has 0 radical (unpaired) electrons. The maximum Gasteiger partial charge on any atom is 0.316 e. The molecule has 5 nitrogen and oxygen atoms in total. The summed E-state index contributed by atoms with van der Waals surface area (Å²) in [6.45, 7) is 6.74. The van der Waals surface area contributed by atoms with E-state index < -0.39 is 0 Å². The Hall–Kier alpha value is -0.910. The van der Waals surface area contributed by atoms with Crippen LogP contribution in [0.2, 0.25) is 0 Å². The number of urea groups is 1. The van der Waals surface area contributed by atoms with E-state index in [-0.39, 0.29) is 6.03 Å². The molecule has 2 amide bonds. The number of aliphatic imine (C=N–C) groups is 1. The van der Waals surface area contributed by atoms with Gasteiger partial charge < -0.3 is 15.5 Å². The zero-order valence-corrected chi connectivity index (χ0v) is 13.3. The van der Waals surface area contributed by atoms with Crippen molar-refractivity contribution in [3.8, 4) is 0 Å². The van der Waals surface area contributed by atoms with E-state index in [0.717, 1.165) is 24.0 Å². The molecule has 0 aromatic heterocycles. The Bertz CT molecular complexity index is 327. The second kappa shape index (κ2) is 7.62. The molecule has 0 bridgehead atoms. The minimum Gasteiger partial charge on any atom is -0.363 e. The van der Waals surface area contributed by atoms with Crippen LogP contribution in [0.25, 0.3) is 0 Å². The van der Waals surface area contributed by atoms with Gasteiger partial charge in [0.05, 0.1) is 0 Å². The molecule has 2 N–H and O–H groups in total. The Morgan fingerprint density at radius 3 is 2.53 bits per heavy atom. The summed E-state index contributed by atoms with van der Waals surface area (Å²) in [4.78, 5) is 17.5. The molecule has 0 aromatic carbocycles. The van der Waals surface area contributed by atoms with Crippen molar-refractivity contribution in [2.45, 2.75) is 26.7 Å². The van der Waals surface area contributed by atoms with Crippen molar-refractivity contribution >= 4 is 23.0 Å². The molecule has 0 aliphatic carbocycles. The van der Waals surface area contributed by atoms with Gasteiger partial charge in [0.1, 0.15) is 0 Å². The Morgan fingerprint density at radius 2 is 2.05 bits per heavy atom. The second-order valence-electron chi connectivity index (χ2n) is 5.17. The number of hydrogen-bond acceptors (Lipinski definition) is 4. The quantitative estimate of drug-likeness (QED) is 0.757. The first-order chi connectivity index (χ1) is 9.03. The number of hydrogen-bond donors (Lipinski definition) is 2. The van der Waals surface area contributed by atoms with E-state index in [1.165, 1.54) is 17.7 Å². The standard InChI is InChI=1S/C13H26N4OS/c1-5-13(6-2)9-16-11(19-10-13)14-7-8-15-12(18)17(3)4/h5-10H2,1-4H3,(H,14,16)(H,15,18). The molecule has 1 heterocycles. The van der Waals surface area contributed by atoms with Gasteiger partial charge in [-0.05, 0) is 18.3 Å². The molecule has 1 aliphatic heterocycles. The highest BCUT2D eigenvalue weighted by Gasteiger charge is 2.29. The van der Waals surface area contributed by atoms with Crippen LogP contribution < -0.4 is 10.6 Å². The van der Waals surface area contributed by atoms with E-state index in [1.807, 2.05) is 0 Å². The minimum atomic E-state index is -0.0592. The Morgan fingerprint density at radius 1 is 1.37 bits per heavy atom. The van der Waals surface area contributed by atoms with Crippen LogP contribution in [0.1, 0.15) is 26.7 Å². The van der Waals surface area contributed by atoms with Crippen molar-refractivity contribution < 1.29 is 4.79 Å². The van der Waals surface area contributed by atoms with E-state index in [0.29, 0.717) is 12.0 Å². The molecule has 1 aliphatic rings. The molecule has 19 heavy (non-hydrogen) atoms. The highest BCUT2D eigenvalue weighted by atomic mass is 32.2. The summed E-state index contributed by atoms with van der Waals surface area (Å²) in [5.74, 6) is 1.13. The third-order valence-corrected chi connectivity index (χ3v) is 4.96. The van der Waals surface area contributed by atoms with Crippen molar-refractivity contribution in [2.24, 2.45) is 10.4 Å². The number of carbonyl (C=O) groups excluding carboxylic acids is 1. The SMILES string of the molecule is CCC1(CC)CN=C(NCCNC(=O)N(C)C)SC1. The zero-order valence-electron chi connectivity index (χ0n) is 12.5. The van der Waals surface area contributed by atoms with Crippen molar-refractivity contribution in [2.75, 3.05) is 39.5 Å². The average Bonchev–Trinajstić information content (AvgIpc) is 2.44. The van der Waals surface area contributed by atoms with Gasteiger partial charge in [-0.2, -0.15) is 0 Å². The molecular formula is C13H26N4OS. The fraction of sp³-hybridized carbons (Fsp3) is 0.846. The summed E-state index contributed by atoms with van der Waals surface area (Å²) in [7, 11) is 3.47. The van der Waals surface area contributed by atoms with Crippen molar-refractivity contribution in [3.63, 3.8) is 0 Å². The molecule has 110 valence electrons. The number of thioether (sulfide) groups is 1. The molecule has 6 heteroatoms. The second-order valence-corrected chi connectivity index (χ2v) is 6.13. The largest absolute Gasteiger partial charge is 0.363 e. The van der Waals surface area contributed by atoms with Gasteiger partial charge in [-0.15, -0.1) is 0 Å². The topological polar surface area (TPSA) is 56.7 Å².